The van der Waals surface area contributed by atoms with E-state index in [1.165, 1.54) is 16.8 Å². The van der Waals surface area contributed by atoms with Gasteiger partial charge in [-0.25, -0.2) is 13.4 Å². The van der Waals surface area contributed by atoms with Crippen LogP contribution in [0.3, 0.4) is 0 Å². The van der Waals surface area contributed by atoms with E-state index in [0.717, 1.165) is 12.8 Å². The molecular weight excluding hydrogens is 252 g/mol. The Morgan fingerprint density at radius 2 is 2.06 bits per heavy atom. The van der Waals surface area contributed by atoms with Crippen LogP contribution < -0.4 is 5.73 Å². The van der Waals surface area contributed by atoms with Crippen LogP contribution in [-0.2, 0) is 17.1 Å². The number of aryl methyl sites for hydroxylation is 1. The van der Waals surface area contributed by atoms with Crippen molar-refractivity contribution in [3.63, 3.8) is 0 Å². The predicted molar refractivity (Wildman–Crippen MR) is 70.5 cm³/mol. The molecule has 0 spiro atoms. The second kappa shape index (κ2) is 6.31. The van der Waals surface area contributed by atoms with Crippen molar-refractivity contribution in [1.29, 1.82) is 0 Å². The maximum atomic E-state index is 12.5. The van der Waals surface area contributed by atoms with Crippen LogP contribution in [0.25, 0.3) is 0 Å². The zero-order valence-corrected chi connectivity index (χ0v) is 12.0. The molecule has 0 aromatic carbocycles. The van der Waals surface area contributed by atoms with Crippen molar-refractivity contribution < 1.29 is 8.42 Å². The molecule has 1 rings (SSSR count). The summed E-state index contributed by atoms with van der Waals surface area (Å²) in [6, 6.07) is -0.0273. The van der Waals surface area contributed by atoms with Gasteiger partial charge in [0, 0.05) is 32.4 Å². The molecule has 0 radical (unpaired) electrons. The summed E-state index contributed by atoms with van der Waals surface area (Å²) in [6.45, 7) is 4.59. The smallest absolute Gasteiger partial charge is 0.262 e. The Kier molecular flexibility index (Phi) is 5.30. The Morgan fingerprint density at radius 3 is 2.44 bits per heavy atom. The zero-order chi connectivity index (χ0) is 13.8. The van der Waals surface area contributed by atoms with Gasteiger partial charge >= 0.3 is 0 Å². The molecule has 0 aliphatic rings. The molecule has 0 fully saturated rings. The fraction of sp³-hybridized carbons (Fsp3) is 0.727. The van der Waals surface area contributed by atoms with Gasteiger partial charge in [-0.05, 0) is 12.8 Å². The van der Waals surface area contributed by atoms with Crippen LogP contribution in [0.1, 0.15) is 26.7 Å². The largest absolute Gasteiger partial charge is 0.339 e. The van der Waals surface area contributed by atoms with E-state index in [2.05, 4.69) is 4.98 Å². The van der Waals surface area contributed by atoms with Gasteiger partial charge in [-0.2, -0.15) is 4.31 Å². The van der Waals surface area contributed by atoms with E-state index in [-0.39, 0.29) is 11.1 Å². The molecule has 104 valence electrons. The van der Waals surface area contributed by atoms with Crippen molar-refractivity contribution >= 4 is 10.0 Å². The van der Waals surface area contributed by atoms with Crippen molar-refractivity contribution in [1.82, 2.24) is 13.9 Å². The molecule has 1 heterocycles. The lowest BCUT2D eigenvalue weighted by atomic mass is 10.2. The molecule has 18 heavy (non-hydrogen) atoms. The number of nitrogens with two attached hydrogens (primary N) is 1. The van der Waals surface area contributed by atoms with Gasteiger partial charge in [0.1, 0.15) is 0 Å². The van der Waals surface area contributed by atoms with Gasteiger partial charge in [0.2, 0.25) is 0 Å². The Morgan fingerprint density at radius 1 is 1.44 bits per heavy atom. The topological polar surface area (TPSA) is 81.2 Å². The highest BCUT2D eigenvalue weighted by Crippen LogP contribution is 2.19. The van der Waals surface area contributed by atoms with Gasteiger partial charge in [0.15, 0.2) is 5.03 Å². The lowest BCUT2D eigenvalue weighted by Gasteiger charge is -2.28. The minimum Gasteiger partial charge on any atom is -0.339 e. The molecule has 0 aliphatic heterocycles. The SMILES string of the molecule is CCC(CC)N(CCN)S(=O)(=O)c1cn(C)cn1. The Bertz CT molecular complexity index is 465. The molecule has 0 saturated heterocycles. The summed E-state index contributed by atoms with van der Waals surface area (Å²) < 4.78 is 28.1. The molecule has 1 aromatic rings. The number of imidazole rings is 1. The molecule has 2 N–H and O–H groups in total. The van der Waals surface area contributed by atoms with Crippen LogP contribution >= 0.6 is 0 Å². The van der Waals surface area contributed by atoms with E-state index in [4.69, 9.17) is 5.73 Å². The summed E-state index contributed by atoms with van der Waals surface area (Å²) in [7, 11) is -1.80. The van der Waals surface area contributed by atoms with Gasteiger partial charge in [-0.3, -0.25) is 0 Å². The maximum Gasteiger partial charge on any atom is 0.262 e. The molecular formula is C11H22N4O2S. The van der Waals surface area contributed by atoms with Crippen molar-refractivity contribution in [2.24, 2.45) is 12.8 Å². The average Bonchev–Trinajstić information content (AvgIpc) is 2.77. The number of rotatable bonds is 7. The minimum atomic E-state index is -3.54. The highest BCUT2D eigenvalue weighted by Gasteiger charge is 2.30. The number of sulfonamides is 1. The summed E-state index contributed by atoms with van der Waals surface area (Å²) in [5, 5.41) is 0.0883. The average molecular weight is 274 g/mol. The van der Waals surface area contributed by atoms with E-state index in [1.807, 2.05) is 13.8 Å². The van der Waals surface area contributed by atoms with Crippen molar-refractivity contribution in [3.05, 3.63) is 12.5 Å². The van der Waals surface area contributed by atoms with Crippen molar-refractivity contribution in [2.45, 2.75) is 37.8 Å². The molecule has 0 amide bonds. The lowest BCUT2D eigenvalue weighted by molar-refractivity contribution is 0.308. The molecule has 0 atom stereocenters. The molecule has 1 aromatic heterocycles. The van der Waals surface area contributed by atoms with Crippen molar-refractivity contribution in [3.8, 4) is 0 Å². The van der Waals surface area contributed by atoms with Gasteiger partial charge < -0.3 is 10.3 Å². The number of hydrogen-bond acceptors (Lipinski definition) is 4. The van der Waals surface area contributed by atoms with Crippen LogP contribution in [0.2, 0.25) is 0 Å². The Hall–Kier alpha value is -0.920. The summed E-state index contributed by atoms with van der Waals surface area (Å²) in [4.78, 5) is 3.93. The molecule has 0 bridgehead atoms. The standard InChI is InChI=1S/C11H22N4O2S/c1-4-10(5-2)15(7-6-12)18(16,17)11-8-14(3)9-13-11/h8-10H,4-7,12H2,1-3H3. The van der Waals surface area contributed by atoms with Crippen molar-refractivity contribution in [2.75, 3.05) is 13.1 Å². The normalized spacial score (nSPS) is 12.6. The Balaban J connectivity index is 3.11. The second-order valence-electron chi connectivity index (χ2n) is 4.25. The van der Waals surface area contributed by atoms with Crippen LogP contribution in [0.4, 0.5) is 0 Å². The zero-order valence-electron chi connectivity index (χ0n) is 11.2. The van der Waals surface area contributed by atoms with Crippen LogP contribution in [0.15, 0.2) is 17.6 Å². The first kappa shape index (κ1) is 15.1. The molecule has 0 saturated carbocycles. The fourth-order valence-electron chi connectivity index (χ4n) is 1.96. The first-order chi connectivity index (χ1) is 8.47. The number of nitrogens with zero attached hydrogens (tertiary/aromatic N) is 3. The summed E-state index contributed by atoms with van der Waals surface area (Å²) in [5.74, 6) is 0. The predicted octanol–water partition coefficient (Wildman–Crippen LogP) is 0.558. The van der Waals surface area contributed by atoms with E-state index in [0.29, 0.717) is 13.1 Å². The summed E-state index contributed by atoms with van der Waals surface area (Å²) >= 11 is 0. The first-order valence-electron chi connectivity index (χ1n) is 6.17. The molecule has 7 heteroatoms. The molecule has 0 unspecified atom stereocenters. The third-order valence-electron chi connectivity index (χ3n) is 2.95. The monoisotopic (exact) mass is 274 g/mol. The third-order valence-corrected chi connectivity index (χ3v) is 4.79. The molecule has 0 aliphatic carbocycles. The van der Waals surface area contributed by atoms with Gasteiger partial charge in [-0.1, -0.05) is 13.8 Å². The van der Waals surface area contributed by atoms with Crippen LogP contribution in [0, 0.1) is 0 Å². The summed E-state index contributed by atoms with van der Waals surface area (Å²) in [6.07, 6.45) is 4.53. The Labute approximate surface area is 109 Å². The minimum absolute atomic E-state index is 0.0273. The molecule has 6 nitrogen and oxygen atoms in total. The summed E-state index contributed by atoms with van der Waals surface area (Å²) in [5.41, 5.74) is 5.52. The fourth-order valence-corrected chi connectivity index (χ4v) is 3.72. The lowest BCUT2D eigenvalue weighted by Crippen LogP contribution is -2.42. The second-order valence-corrected chi connectivity index (χ2v) is 6.09. The first-order valence-corrected chi connectivity index (χ1v) is 7.61. The quantitative estimate of drug-likeness (QED) is 0.787. The highest BCUT2D eigenvalue weighted by atomic mass is 32.2. The third kappa shape index (κ3) is 3.09. The highest BCUT2D eigenvalue weighted by molar-refractivity contribution is 7.89. The van der Waals surface area contributed by atoms with E-state index in [9.17, 15) is 8.42 Å². The van der Waals surface area contributed by atoms with E-state index >= 15 is 0 Å². The number of aromatic nitrogens is 2. The van der Waals surface area contributed by atoms with Gasteiger partial charge in [0.25, 0.3) is 10.0 Å². The van der Waals surface area contributed by atoms with Gasteiger partial charge in [0.05, 0.1) is 6.33 Å². The van der Waals surface area contributed by atoms with E-state index < -0.39 is 10.0 Å². The number of hydrogen-bond donors (Lipinski definition) is 1. The maximum absolute atomic E-state index is 12.5. The van der Waals surface area contributed by atoms with Crippen LogP contribution in [-0.4, -0.2) is 41.4 Å². The van der Waals surface area contributed by atoms with Gasteiger partial charge in [-0.15, -0.1) is 0 Å². The van der Waals surface area contributed by atoms with Crippen LogP contribution in [0.5, 0.6) is 0 Å². The van der Waals surface area contributed by atoms with E-state index in [1.54, 1.807) is 11.6 Å².